The van der Waals surface area contributed by atoms with Gasteiger partial charge in [-0.25, -0.2) is 10.1 Å². The Morgan fingerprint density at radius 2 is 2.11 bits per heavy atom. The van der Waals surface area contributed by atoms with Crippen LogP contribution in [-0.4, -0.2) is 36.9 Å². The molecule has 2 heterocycles. The lowest BCUT2D eigenvalue weighted by molar-refractivity contribution is 0.0948. The van der Waals surface area contributed by atoms with Gasteiger partial charge in [0.15, 0.2) is 5.69 Å². The van der Waals surface area contributed by atoms with Crippen molar-refractivity contribution in [2.24, 2.45) is 5.10 Å². The van der Waals surface area contributed by atoms with Crippen molar-refractivity contribution in [1.29, 1.82) is 0 Å². The van der Waals surface area contributed by atoms with E-state index in [-0.39, 0.29) is 23.2 Å². The van der Waals surface area contributed by atoms with Crippen LogP contribution >= 0.6 is 0 Å². The predicted molar refractivity (Wildman–Crippen MR) is 101 cm³/mol. The molecule has 0 radical (unpaired) electrons. The van der Waals surface area contributed by atoms with Crippen LogP contribution in [0, 0.1) is 0 Å². The number of aromatic nitrogens is 5. The Kier molecular flexibility index (Phi) is 4.60. The van der Waals surface area contributed by atoms with Crippen LogP contribution in [0.25, 0.3) is 5.82 Å². The molecular formula is C18H20N8O2. The van der Waals surface area contributed by atoms with Crippen LogP contribution in [0.5, 0.6) is 0 Å². The lowest BCUT2D eigenvalue weighted by atomic mass is 9.90. The summed E-state index contributed by atoms with van der Waals surface area (Å²) in [6.45, 7) is 3.83. The van der Waals surface area contributed by atoms with Crippen molar-refractivity contribution in [2.75, 3.05) is 5.73 Å². The van der Waals surface area contributed by atoms with Crippen LogP contribution in [0.1, 0.15) is 59.9 Å². The number of fused-ring (bicyclic) bond motifs is 1. The minimum atomic E-state index is -0.444. The van der Waals surface area contributed by atoms with E-state index in [4.69, 9.17) is 5.73 Å². The van der Waals surface area contributed by atoms with Crippen LogP contribution in [0.4, 0.5) is 5.82 Å². The number of carbonyl (C=O) groups excluding carboxylic acids is 1. The predicted octanol–water partition coefficient (Wildman–Crippen LogP) is 1.83. The van der Waals surface area contributed by atoms with Crippen molar-refractivity contribution < 1.29 is 9.42 Å². The van der Waals surface area contributed by atoms with Gasteiger partial charge in [0.25, 0.3) is 5.91 Å². The number of hydrogen-bond donors (Lipinski definition) is 2. The summed E-state index contributed by atoms with van der Waals surface area (Å²) in [5.74, 6) is -0.254. The summed E-state index contributed by atoms with van der Waals surface area (Å²) in [5.41, 5.74) is 12.2. The number of hydrogen-bond acceptors (Lipinski definition) is 8. The van der Waals surface area contributed by atoms with Crippen molar-refractivity contribution in [2.45, 2.75) is 39.0 Å². The molecule has 1 aromatic carbocycles. The van der Waals surface area contributed by atoms with Crippen molar-refractivity contribution in [1.82, 2.24) is 30.7 Å². The van der Waals surface area contributed by atoms with Crippen molar-refractivity contribution in [3.63, 3.8) is 0 Å². The highest BCUT2D eigenvalue weighted by Gasteiger charge is 2.26. The SMILES string of the molecule is CC(C)c1c(C(=O)NN=C2CCCc3ccccc32)nnn1-c1nonc1N. The molecule has 3 N–H and O–H groups in total. The van der Waals surface area contributed by atoms with Gasteiger partial charge in [0.2, 0.25) is 11.6 Å². The summed E-state index contributed by atoms with van der Waals surface area (Å²) in [7, 11) is 0. The molecule has 2 aromatic heterocycles. The van der Waals surface area contributed by atoms with E-state index in [1.165, 1.54) is 10.2 Å². The number of rotatable bonds is 4. The van der Waals surface area contributed by atoms with E-state index in [0.29, 0.717) is 5.69 Å². The monoisotopic (exact) mass is 380 g/mol. The number of carbonyl (C=O) groups is 1. The van der Waals surface area contributed by atoms with E-state index in [2.05, 4.69) is 41.8 Å². The maximum atomic E-state index is 12.8. The molecular weight excluding hydrogens is 360 g/mol. The van der Waals surface area contributed by atoms with E-state index < -0.39 is 5.91 Å². The maximum absolute atomic E-state index is 12.8. The fourth-order valence-corrected chi connectivity index (χ4v) is 3.35. The molecule has 0 spiro atoms. The summed E-state index contributed by atoms with van der Waals surface area (Å²) in [4.78, 5) is 12.8. The minimum absolute atomic E-state index is 0.0674. The third-order valence-corrected chi connectivity index (χ3v) is 4.64. The average Bonchev–Trinajstić information content (AvgIpc) is 3.32. The molecule has 1 aliphatic rings. The minimum Gasteiger partial charge on any atom is -0.378 e. The molecule has 0 bridgehead atoms. The van der Waals surface area contributed by atoms with E-state index in [0.717, 1.165) is 30.5 Å². The first kappa shape index (κ1) is 17.8. The fourth-order valence-electron chi connectivity index (χ4n) is 3.35. The molecule has 3 aromatic rings. The molecule has 1 aliphatic carbocycles. The Morgan fingerprint density at radius 1 is 1.29 bits per heavy atom. The lowest BCUT2D eigenvalue weighted by Gasteiger charge is -2.17. The summed E-state index contributed by atoms with van der Waals surface area (Å²) in [6, 6.07) is 8.10. The third kappa shape index (κ3) is 3.13. The van der Waals surface area contributed by atoms with Gasteiger partial charge < -0.3 is 5.73 Å². The van der Waals surface area contributed by atoms with E-state index in [1.54, 1.807) is 0 Å². The molecule has 0 aliphatic heterocycles. The quantitative estimate of drug-likeness (QED) is 0.659. The van der Waals surface area contributed by atoms with Crippen LogP contribution in [0.2, 0.25) is 0 Å². The summed E-state index contributed by atoms with van der Waals surface area (Å²) in [5, 5.41) is 19.7. The second-order valence-corrected chi connectivity index (χ2v) is 6.87. The zero-order valence-electron chi connectivity index (χ0n) is 15.6. The second kappa shape index (κ2) is 7.22. The van der Waals surface area contributed by atoms with E-state index in [9.17, 15) is 4.79 Å². The molecule has 10 heteroatoms. The number of nitrogen functional groups attached to an aromatic ring is 1. The summed E-state index contributed by atoms with van der Waals surface area (Å²) >= 11 is 0. The largest absolute Gasteiger partial charge is 0.378 e. The van der Waals surface area contributed by atoms with Crippen molar-refractivity contribution in [3.8, 4) is 5.82 Å². The van der Waals surface area contributed by atoms with Gasteiger partial charge in [-0.2, -0.15) is 9.78 Å². The number of anilines is 1. The van der Waals surface area contributed by atoms with Crippen molar-refractivity contribution in [3.05, 3.63) is 46.8 Å². The molecule has 0 unspecified atom stereocenters. The number of nitrogens with one attached hydrogen (secondary N) is 1. The van der Waals surface area contributed by atoms with Gasteiger partial charge in [-0.15, -0.1) is 5.10 Å². The third-order valence-electron chi connectivity index (χ3n) is 4.64. The van der Waals surface area contributed by atoms with Gasteiger partial charge in [-0.05, 0) is 41.1 Å². The van der Waals surface area contributed by atoms with Gasteiger partial charge >= 0.3 is 0 Å². The fraction of sp³-hybridized carbons (Fsp3) is 0.333. The molecule has 10 nitrogen and oxygen atoms in total. The number of nitrogens with two attached hydrogens (primary N) is 1. The number of nitrogens with zero attached hydrogens (tertiary/aromatic N) is 6. The highest BCUT2D eigenvalue weighted by atomic mass is 16.6. The van der Waals surface area contributed by atoms with Crippen LogP contribution in [0.15, 0.2) is 34.0 Å². The molecule has 28 heavy (non-hydrogen) atoms. The number of hydrazone groups is 1. The normalized spacial score (nSPS) is 15.0. The Balaban J connectivity index is 1.63. The zero-order chi connectivity index (χ0) is 19.7. The number of amides is 1. The first-order valence-corrected chi connectivity index (χ1v) is 9.05. The molecule has 0 atom stereocenters. The van der Waals surface area contributed by atoms with Crippen LogP contribution in [-0.2, 0) is 6.42 Å². The first-order valence-electron chi connectivity index (χ1n) is 9.05. The molecule has 0 saturated heterocycles. The zero-order valence-corrected chi connectivity index (χ0v) is 15.6. The highest BCUT2D eigenvalue weighted by Crippen LogP contribution is 2.23. The number of benzene rings is 1. The van der Waals surface area contributed by atoms with Gasteiger partial charge in [-0.3, -0.25) is 4.79 Å². The topological polar surface area (TPSA) is 137 Å². The van der Waals surface area contributed by atoms with Crippen LogP contribution in [0.3, 0.4) is 0 Å². The first-order chi connectivity index (χ1) is 13.6. The maximum Gasteiger partial charge on any atom is 0.293 e. The standard InChI is InChI=1S/C18H20N8O2/c1-10(2)15-14(21-25-26(15)17-16(19)23-28-24-17)18(27)22-20-13-9-5-7-11-6-3-4-8-12(11)13/h3-4,6,8,10H,5,7,9H2,1-2H3,(H2,19,23)(H,22,27). The Bertz CT molecular complexity index is 1050. The van der Waals surface area contributed by atoms with Crippen molar-refractivity contribution >= 4 is 17.4 Å². The van der Waals surface area contributed by atoms with Gasteiger partial charge in [0, 0.05) is 5.56 Å². The molecule has 0 saturated carbocycles. The van der Waals surface area contributed by atoms with Gasteiger partial charge in [-0.1, -0.05) is 43.3 Å². The molecule has 4 rings (SSSR count). The van der Waals surface area contributed by atoms with E-state index >= 15 is 0 Å². The number of aryl methyl sites for hydroxylation is 1. The Morgan fingerprint density at radius 3 is 2.86 bits per heavy atom. The summed E-state index contributed by atoms with van der Waals surface area (Å²) < 4.78 is 6.00. The molecule has 144 valence electrons. The van der Waals surface area contributed by atoms with Gasteiger partial charge in [0.1, 0.15) is 0 Å². The van der Waals surface area contributed by atoms with Gasteiger partial charge in [0.05, 0.1) is 11.4 Å². The molecule has 1 amide bonds. The lowest BCUT2D eigenvalue weighted by Crippen LogP contribution is -2.24. The second-order valence-electron chi connectivity index (χ2n) is 6.87. The van der Waals surface area contributed by atoms with Crippen LogP contribution < -0.4 is 11.2 Å². The highest BCUT2D eigenvalue weighted by molar-refractivity contribution is 6.04. The average molecular weight is 380 g/mol. The Labute approximate surface area is 160 Å². The summed E-state index contributed by atoms with van der Waals surface area (Å²) in [6.07, 6.45) is 2.82. The molecule has 0 fully saturated rings. The Hall–Kier alpha value is -3.56. The van der Waals surface area contributed by atoms with E-state index in [1.807, 2.05) is 32.0 Å². The smallest absolute Gasteiger partial charge is 0.293 e.